The normalized spacial score (nSPS) is 11.5. The molecule has 0 fully saturated rings. The summed E-state index contributed by atoms with van der Waals surface area (Å²) in [6.07, 6.45) is 2.94. The SMILES string of the molecule is C=C(Cl)NC(=NCCc1c[nH]c2ccccc12)c1scc(C(C)C)c1C.CC. The standard InChI is InChI=1S/C21H24ClN3S.C2H6/c1-13(2)18-12-26-20(14(18)3)21(25-15(4)22)23-10-9-16-11-24-19-8-6-5-7-17(16)19;1-2/h5-8,11-13,24H,4,9-10H2,1-3H3,(H,23,25);1-2H3. The third kappa shape index (κ3) is 5.27. The number of para-hydroxylation sites is 1. The summed E-state index contributed by atoms with van der Waals surface area (Å²) in [6.45, 7) is 15.0. The first-order chi connectivity index (χ1) is 13.5. The highest BCUT2D eigenvalue weighted by atomic mass is 35.5. The highest BCUT2D eigenvalue weighted by Gasteiger charge is 2.15. The van der Waals surface area contributed by atoms with Crippen LogP contribution in [0.3, 0.4) is 0 Å². The van der Waals surface area contributed by atoms with Gasteiger partial charge in [0.2, 0.25) is 0 Å². The molecule has 0 aliphatic carbocycles. The molecule has 5 heteroatoms. The van der Waals surface area contributed by atoms with Crippen molar-refractivity contribution in [3.05, 3.63) is 69.1 Å². The van der Waals surface area contributed by atoms with Crippen LogP contribution in [0.4, 0.5) is 0 Å². The first kappa shape index (κ1) is 22.3. The van der Waals surface area contributed by atoms with E-state index in [0.717, 1.165) is 22.7 Å². The molecule has 0 spiro atoms. The van der Waals surface area contributed by atoms with Gasteiger partial charge in [-0.1, -0.05) is 64.1 Å². The first-order valence-corrected chi connectivity index (χ1v) is 11.0. The minimum Gasteiger partial charge on any atom is -0.361 e. The molecule has 0 radical (unpaired) electrons. The predicted octanol–water partition coefficient (Wildman–Crippen LogP) is 6.98. The molecule has 1 aromatic carbocycles. The lowest BCUT2D eigenvalue weighted by molar-refractivity contribution is 0.862. The number of thiophene rings is 1. The number of benzene rings is 1. The summed E-state index contributed by atoms with van der Waals surface area (Å²) in [4.78, 5) is 9.26. The Morgan fingerprint density at radius 1 is 1.29 bits per heavy atom. The van der Waals surface area contributed by atoms with Crippen molar-refractivity contribution in [3.8, 4) is 0 Å². The van der Waals surface area contributed by atoms with Crippen molar-refractivity contribution in [2.75, 3.05) is 6.54 Å². The van der Waals surface area contributed by atoms with Crippen LogP contribution < -0.4 is 5.32 Å². The van der Waals surface area contributed by atoms with Crippen LogP contribution in [0.15, 0.2) is 52.6 Å². The summed E-state index contributed by atoms with van der Waals surface area (Å²) >= 11 is 7.72. The van der Waals surface area contributed by atoms with Gasteiger partial charge in [-0.05, 0) is 47.4 Å². The molecule has 0 atom stereocenters. The van der Waals surface area contributed by atoms with E-state index in [2.05, 4.69) is 67.4 Å². The second-order valence-electron chi connectivity index (χ2n) is 6.67. The van der Waals surface area contributed by atoms with Crippen molar-refractivity contribution in [2.45, 2.75) is 47.0 Å². The number of halogens is 1. The Morgan fingerprint density at radius 2 is 2.00 bits per heavy atom. The first-order valence-electron chi connectivity index (χ1n) is 9.76. The van der Waals surface area contributed by atoms with E-state index in [1.807, 2.05) is 19.9 Å². The van der Waals surface area contributed by atoms with E-state index in [9.17, 15) is 0 Å². The average molecular weight is 416 g/mol. The van der Waals surface area contributed by atoms with Crippen molar-refractivity contribution < 1.29 is 0 Å². The van der Waals surface area contributed by atoms with Crippen LogP contribution in [0, 0.1) is 6.92 Å². The summed E-state index contributed by atoms with van der Waals surface area (Å²) in [7, 11) is 0. The molecule has 3 nitrogen and oxygen atoms in total. The average Bonchev–Trinajstić information content (AvgIpc) is 3.26. The molecule has 0 aliphatic heterocycles. The maximum absolute atomic E-state index is 6.01. The molecule has 0 aliphatic rings. The molecule has 0 saturated carbocycles. The molecule has 3 aromatic rings. The van der Waals surface area contributed by atoms with E-state index in [1.54, 1.807) is 11.3 Å². The molecule has 0 unspecified atom stereocenters. The van der Waals surface area contributed by atoms with Crippen molar-refractivity contribution >= 4 is 39.7 Å². The third-order valence-electron chi connectivity index (χ3n) is 4.49. The van der Waals surface area contributed by atoms with Crippen LogP contribution in [0.1, 0.15) is 55.2 Å². The summed E-state index contributed by atoms with van der Waals surface area (Å²) in [6, 6.07) is 8.34. The highest BCUT2D eigenvalue weighted by molar-refractivity contribution is 7.12. The van der Waals surface area contributed by atoms with Gasteiger partial charge >= 0.3 is 0 Å². The number of aromatic amines is 1. The zero-order chi connectivity index (χ0) is 20.7. The Bertz CT molecular complexity index is 950. The summed E-state index contributed by atoms with van der Waals surface area (Å²) in [5.74, 6) is 1.30. The lowest BCUT2D eigenvalue weighted by Gasteiger charge is -2.10. The van der Waals surface area contributed by atoms with Gasteiger partial charge in [0.25, 0.3) is 0 Å². The van der Waals surface area contributed by atoms with Gasteiger partial charge in [-0.25, -0.2) is 0 Å². The molecule has 28 heavy (non-hydrogen) atoms. The topological polar surface area (TPSA) is 40.2 Å². The second-order valence-corrected chi connectivity index (χ2v) is 8.01. The van der Waals surface area contributed by atoms with Gasteiger partial charge in [-0.15, -0.1) is 11.3 Å². The largest absolute Gasteiger partial charge is 0.361 e. The fourth-order valence-electron chi connectivity index (χ4n) is 3.16. The number of nitrogens with zero attached hydrogens (tertiary/aromatic N) is 1. The quantitative estimate of drug-likeness (QED) is 0.254. The molecular formula is C23H30ClN3S. The van der Waals surface area contributed by atoms with Crippen molar-refractivity contribution in [3.63, 3.8) is 0 Å². The molecule has 2 heterocycles. The third-order valence-corrected chi connectivity index (χ3v) is 5.70. The van der Waals surface area contributed by atoms with Crippen molar-refractivity contribution in [2.24, 2.45) is 4.99 Å². The van der Waals surface area contributed by atoms with Crippen molar-refractivity contribution in [1.82, 2.24) is 10.3 Å². The number of nitrogens with one attached hydrogen (secondary N) is 2. The highest BCUT2D eigenvalue weighted by Crippen LogP contribution is 2.28. The number of rotatable bonds is 6. The molecular weight excluding hydrogens is 386 g/mol. The minimum atomic E-state index is 0.384. The number of hydrogen-bond acceptors (Lipinski definition) is 2. The maximum atomic E-state index is 6.01. The molecule has 0 bridgehead atoms. The van der Waals surface area contributed by atoms with Gasteiger partial charge in [0.15, 0.2) is 0 Å². The lowest BCUT2D eigenvalue weighted by Crippen LogP contribution is -2.22. The fourth-order valence-corrected chi connectivity index (χ4v) is 4.46. The van der Waals surface area contributed by atoms with E-state index < -0.39 is 0 Å². The second kappa shape index (κ2) is 10.5. The van der Waals surface area contributed by atoms with Crippen LogP contribution in [0.25, 0.3) is 10.9 Å². The van der Waals surface area contributed by atoms with Gasteiger partial charge in [0, 0.05) is 23.6 Å². The molecule has 0 saturated heterocycles. The van der Waals surface area contributed by atoms with Gasteiger partial charge in [0.1, 0.15) is 11.0 Å². The van der Waals surface area contributed by atoms with Gasteiger partial charge in [-0.2, -0.15) is 0 Å². The molecule has 0 amide bonds. The zero-order valence-corrected chi connectivity index (χ0v) is 19.0. The van der Waals surface area contributed by atoms with E-state index >= 15 is 0 Å². The number of H-pyrrole nitrogens is 1. The summed E-state index contributed by atoms with van der Waals surface area (Å²) in [5.41, 5.74) is 5.06. The van der Waals surface area contributed by atoms with Gasteiger partial charge in [0.05, 0.1) is 4.88 Å². The van der Waals surface area contributed by atoms with E-state index in [-0.39, 0.29) is 0 Å². The maximum Gasteiger partial charge on any atom is 0.143 e. The number of aromatic nitrogens is 1. The predicted molar refractivity (Wildman–Crippen MR) is 126 cm³/mol. The number of hydrogen-bond donors (Lipinski definition) is 2. The van der Waals surface area contributed by atoms with Crippen LogP contribution >= 0.6 is 22.9 Å². The summed E-state index contributed by atoms with van der Waals surface area (Å²) < 4.78 is 0. The van der Waals surface area contributed by atoms with Crippen LogP contribution in [0.2, 0.25) is 0 Å². The molecule has 2 aromatic heterocycles. The molecule has 150 valence electrons. The number of aliphatic imine (C=N–C) groups is 1. The molecule has 3 rings (SSSR count). The summed E-state index contributed by atoms with van der Waals surface area (Å²) in [5, 5.41) is 6.98. The monoisotopic (exact) mass is 415 g/mol. The Balaban J connectivity index is 0.00000136. The smallest absolute Gasteiger partial charge is 0.143 e. The Hall–Kier alpha value is -2.04. The minimum absolute atomic E-state index is 0.384. The fraction of sp³-hybridized carbons (Fsp3) is 0.348. The van der Waals surface area contributed by atoms with Crippen LogP contribution in [0.5, 0.6) is 0 Å². The lowest BCUT2D eigenvalue weighted by atomic mass is 10.0. The van der Waals surface area contributed by atoms with Crippen molar-refractivity contribution in [1.29, 1.82) is 0 Å². The Morgan fingerprint density at radius 3 is 2.64 bits per heavy atom. The van der Waals surface area contributed by atoms with E-state index in [1.165, 1.54) is 22.1 Å². The van der Waals surface area contributed by atoms with E-state index in [0.29, 0.717) is 17.6 Å². The van der Waals surface area contributed by atoms with E-state index in [4.69, 9.17) is 16.6 Å². The number of amidine groups is 1. The Kier molecular flexibility index (Phi) is 8.34. The Labute approximate surface area is 177 Å². The van der Waals surface area contributed by atoms with Crippen LogP contribution in [-0.2, 0) is 6.42 Å². The molecule has 2 N–H and O–H groups in total. The number of fused-ring (bicyclic) bond motifs is 1. The van der Waals surface area contributed by atoms with Crippen LogP contribution in [-0.4, -0.2) is 17.4 Å². The van der Waals surface area contributed by atoms with Gasteiger partial charge in [-0.3, -0.25) is 4.99 Å². The van der Waals surface area contributed by atoms with Gasteiger partial charge < -0.3 is 10.3 Å². The zero-order valence-electron chi connectivity index (χ0n) is 17.4.